The molecule has 1 aliphatic heterocycles. The van der Waals surface area contributed by atoms with Crippen LogP contribution in [-0.2, 0) is 14.1 Å². The van der Waals surface area contributed by atoms with Crippen LogP contribution in [0.2, 0.25) is 0 Å². The van der Waals surface area contributed by atoms with Crippen LogP contribution < -0.4 is 5.46 Å². The maximum absolute atomic E-state index is 11.8. The van der Waals surface area contributed by atoms with Crippen molar-refractivity contribution in [2.24, 2.45) is 5.41 Å². The first-order valence-corrected chi connectivity index (χ1v) is 9.39. The number of benzene rings is 1. The van der Waals surface area contributed by atoms with E-state index in [2.05, 4.69) is 0 Å². The van der Waals surface area contributed by atoms with Crippen molar-refractivity contribution in [3.05, 3.63) is 24.3 Å². The van der Waals surface area contributed by atoms with E-state index in [1.165, 1.54) is 11.8 Å². The minimum absolute atomic E-state index is 0.376. The molecule has 4 nitrogen and oxygen atoms in total. The SMILES string of the molecule is CC(C)(C)C(C)(Sc1ccc(B2OC(C)(C)C(C)(C)O2)cc1)C(=O)O. The summed E-state index contributed by atoms with van der Waals surface area (Å²) in [6.07, 6.45) is 0. The molecule has 1 heterocycles. The Morgan fingerprint density at radius 1 is 1.00 bits per heavy atom. The van der Waals surface area contributed by atoms with Gasteiger partial charge < -0.3 is 14.4 Å². The Bertz CT molecular complexity index is 632. The van der Waals surface area contributed by atoms with Crippen molar-refractivity contribution >= 4 is 30.3 Å². The fraction of sp³-hybridized carbons (Fsp3) is 0.632. The van der Waals surface area contributed by atoms with Gasteiger partial charge in [0, 0.05) is 4.90 Å². The molecule has 1 saturated heterocycles. The number of aliphatic carboxylic acids is 1. The zero-order valence-electron chi connectivity index (χ0n) is 16.5. The molecule has 0 amide bonds. The van der Waals surface area contributed by atoms with E-state index in [9.17, 15) is 9.90 Å². The molecule has 1 N–H and O–H groups in total. The van der Waals surface area contributed by atoms with Crippen molar-refractivity contribution in [2.75, 3.05) is 0 Å². The van der Waals surface area contributed by atoms with Crippen molar-refractivity contribution in [3.63, 3.8) is 0 Å². The third-order valence-electron chi connectivity index (χ3n) is 5.57. The Kier molecular flexibility index (Phi) is 5.15. The first-order chi connectivity index (χ1) is 11.2. The number of hydrogen-bond acceptors (Lipinski definition) is 4. The van der Waals surface area contributed by atoms with Crippen LogP contribution in [0.15, 0.2) is 29.2 Å². The van der Waals surface area contributed by atoms with E-state index >= 15 is 0 Å². The number of carboxylic acids is 1. The second-order valence-electron chi connectivity index (χ2n) is 8.85. The van der Waals surface area contributed by atoms with Gasteiger partial charge in [-0.2, -0.15) is 0 Å². The highest BCUT2D eigenvalue weighted by Gasteiger charge is 2.51. The molecule has 0 radical (unpaired) electrons. The van der Waals surface area contributed by atoms with Gasteiger partial charge in [0.05, 0.1) is 11.2 Å². The predicted molar refractivity (Wildman–Crippen MR) is 104 cm³/mol. The Morgan fingerprint density at radius 3 is 1.80 bits per heavy atom. The standard InChI is InChI=1S/C19H29BO4S/c1-16(2,3)19(8,15(21)22)25-14-11-9-13(10-12-14)20-23-17(4,5)18(6,7)24-20/h9-12H,1-8H3,(H,21,22). The fourth-order valence-corrected chi connectivity index (χ4v) is 3.56. The predicted octanol–water partition coefficient (Wildman–Crippen LogP) is 3.97. The highest BCUT2D eigenvalue weighted by molar-refractivity contribution is 8.01. The molecule has 1 atom stereocenters. The lowest BCUT2D eigenvalue weighted by Crippen LogP contribution is -2.44. The van der Waals surface area contributed by atoms with Gasteiger partial charge in [0.15, 0.2) is 0 Å². The largest absolute Gasteiger partial charge is 0.494 e. The van der Waals surface area contributed by atoms with Gasteiger partial charge >= 0.3 is 13.1 Å². The van der Waals surface area contributed by atoms with Gasteiger partial charge in [-0.1, -0.05) is 32.9 Å². The Balaban J connectivity index is 2.20. The van der Waals surface area contributed by atoms with Crippen LogP contribution in [0.3, 0.4) is 0 Å². The van der Waals surface area contributed by atoms with Gasteiger partial charge in [-0.05, 0) is 57.6 Å². The molecule has 1 aromatic carbocycles. The van der Waals surface area contributed by atoms with Crippen molar-refractivity contribution in [3.8, 4) is 0 Å². The van der Waals surface area contributed by atoms with Crippen LogP contribution in [0.5, 0.6) is 0 Å². The van der Waals surface area contributed by atoms with Gasteiger partial charge in [0.1, 0.15) is 4.75 Å². The van der Waals surface area contributed by atoms with E-state index in [4.69, 9.17) is 9.31 Å². The number of thioether (sulfide) groups is 1. The monoisotopic (exact) mass is 364 g/mol. The van der Waals surface area contributed by atoms with Crippen LogP contribution in [0.4, 0.5) is 0 Å². The molecule has 1 aromatic rings. The molecule has 0 saturated carbocycles. The summed E-state index contributed by atoms with van der Waals surface area (Å²) >= 11 is 1.38. The molecule has 6 heteroatoms. The molecule has 0 spiro atoms. The number of rotatable bonds is 4. The maximum atomic E-state index is 11.8. The Hall–Kier alpha value is -0.975. The Morgan fingerprint density at radius 2 is 1.44 bits per heavy atom. The maximum Gasteiger partial charge on any atom is 0.494 e. The summed E-state index contributed by atoms with van der Waals surface area (Å²) in [7, 11) is -0.405. The molecule has 1 fully saturated rings. The fourth-order valence-electron chi connectivity index (χ4n) is 2.43. The van der Waals surface area contributed by atoms with Crippen molar-refractivity contribution in [2.45, 2.75) is 76.2 Å². The summed E-state index contributed by atoms with van der Waals surface area (Å²) in [5.41, 5.74) is -0.192. The van der Waals surface area contributed by atoms with E-state index < -0.39 is 17.8 Å². The van der Waals surface area contributed by atoms with Gasteiger partial charge in [0.25, 0.3) is 0 Å². The van der Waals surface area contributed by atoms with Crippen molar-refractivity contribution in [1.29, 1.82) is 0 Å². The van der Waals surface area contributed by atoms with Crippen LogP contribution in [-0.4, -0.2) is 34.1 Å². The van der Waals surface area contributed by atoms with E-state index in [-0.39, 0.29) is 16.6 Å². The zero-order chi connectivity index (χ0) is 19.3. The lowest BCUT2D eigenvalue weighted by molar-refractivity contribution is -0.142. The number of hydrogen-bond donors (Lipinski definition) is 1. The number of carboxylic acid groups (broad SMARTS) is 1. The lowest BCUT2D eigenvalue weighted by Gasteiger charge is -2.37. The van der Waals surface area contributed by atoms with Crippen LogP contribution in [0.25, 0.3) is 0 Å². The summed E-state index contributed by atoms with van der Waals surface area (Å²) in [5.74, 6) is -0.806. The smallest absolute Gasteiger partial charge is 0.480 e. The zero-order valence-corrected chi connectivity index (χ0v) is 17.3. The molecule has 25 heavy (non-hydrogen) atoms. The second kappa shape index (κ2) is 6.32. The van der Waals surface area contributed by atoms with Gasteiger partial charge in [-0.15, -0.1) is 11.8 Å². The van der Waals surface area contributed by atoms with Crippen LogP contribution in [0.1, 0.15) is 55.4 Å². The van der Waals surface area contributed by atoms with Crippen LogP contribution >= 0.6 is 11.8 Å². The van der Waals surface area contributed by atoms with Crippen LogP contribution in [0, 0.1) is 5.41 Å². The van der Waals surface area contributed by atoms with Crippen molar-refractivity contribution in [1.82, 2.24) is 0 Å². The third kappa shape index (κ3) is 3.76. The molecule has 0 aromatic heterocycles. The number of carbonyl (C=O) groups is 1. The van der Waals surface area contributed by atoms with E-state index in [1.54, 1.807) is 6.92 Å². The van der Waals surface area contributed by atoms with Gasteiger partial charge in [0.2, 0.25) is 0 Å². The Labute approximate surface area is 155 Å². The summed E-state index contributed by atoms with van der Waals surface area (Å²) in [6.45, 7) is 15.7. The summed E-state index contributed by atoms with van der Waals surface area (Å²) in [5, 5.41) is 9.71. The highest BCUT2D eigenvalue weighted by Crippen LogP contribution is 2.45. The van der Waals surface area contributed by atoms with E-state index in [0.717, 1.165) is 10.4 Å². The van der Waals surface area contributed by atoms with E-state index in [0.29, 0.717) is 0 Å². The molecule has 138 valence electrons. The quantitative estimate of drug-likeness (QED) is 0.647. The normalized spacial score (nSPS) is 21.8. The topological polar surface area (TPSA) is 55.8 Å². The first-order valence-electron chi connectivity index (χ1n) is 8.58. The second-order valence-corrected chi connectivity index (χ2v) is 10.3. The third-order valence-corrected chi connectivity index (χ3v) is 7.27. The molecule has 0 aliphatic carbocycles. The molecular weight excluding hydrogens is 335 g/mol. The molecule has 1 unspecified atom stereocenters. The summed E-state index contributed by atoms with van der Waals surface area (Å²) in [6, 6.07) is 7.79. The lowest BCUT2D eigenvalue weighted by atomic mass is 9.79. The highest BCUT2D eigenvalue weighted by atomic mass is 32.2. The molecule has 1 aliphatic rings. The average molecular weight is 364 g/mol. The summed E-state index contributed by atoms with van der Waals surface area (Å²) < 4.78 is 11.2. The van der Waals surface area contributed by atoms with Gasteiger partial charge in [-0.3, -0.25) is 4.79 Å². The average Bonchev–Trinajstić information content (AvgIpc) is 2.66. The summed E-state index contributed by atoms with van der Waals surface area (Å²) in [4.78, 5) is 12.7. The first kappa shape index (κ1) is 20.3. The minimum Gasteiger partial charge on any atom is -0.480 e. The molecule has 0 bridgehead atoms. The van der Waals surface area contributed by atoms with Crippen molar-refractivity contribution < 1.29 is 19.2 Å². The molecular formula is C19H29BO4S. The molecule has 2 rings (SSSR count). The van der Waals surface area contributed by atoms with Gasteiger partial charge in [-0.25, -0.2) is 0 Å². The van der Waals surface area contributed by atoms with E-state index in [1.807, 2.05) is 72.7 Å². The minimum atomic E-state index is -0.918.